The lowest BCUT2D eigenvalue weighted by atomic mass is 10.4. The maximum absolute atomic E-state index is 10.8. The van der Waals surface area contributed by atoms with Crippen LogP contribution in [0.5, 0.6) is 0 Å². The van der Waals surface area contributed by atoms with Gasteiger partial charge in [0.05, 0.1) is 6.61 Å². The van der Waals surface area contributed by atoms with Crippen molar-refractivity contribution in [2.45, 2.75) is 20.3 Å². The second kappa shape index (κ2) is 7.10. The van der Waals surface area contributed by atoms with Gasteiger partial charge in [0, 0.05) is 6.42 Å². The highest BCUT2D eigenvalue weighted by molar-refractivity contribution is 5.85. The van der Waals surface area contributed by atoms with Crippen LogP contribution in [0.2, 0.25) is 0 Å². The van der Waals surface area contributed by atoms with Crippen molar-refractivity contribution in [2.24, 2.45) is 4.99 Å². The summed E-state index contributed by atoms with van der Waals surface area (Å²) in [6.07, 6.45) is 2.33. The molecule has 0 bridgehead atoms. The number of nitrogens with zero attached hydrogens (tertiary/aromatic N) is 2. The predicted molar refractivity (Wildman–Crippen MR) is 48.0 cm³/mol. The average Bonchev–Trinajstić information content (AvgIpc) is 2.12. The van der Waals surface area contributed by atoms with Crippen molar-refractivity contribution in [1.82, 2.24) is 5.32 Å². The molecule has 72 valence electrons. The van der Waals surface area contributed by atoms with E-state index >= 15 is 0 Å². The van der Waals surface area contributed by atoms with E-state index in [-0.39, 0.29) is 12.5 Å². The van der Waals surface area contributed by atoms with Crippen molar-refractivity contribution in [3.8, 4) is 6.19 Å². The Bertz CT molecular complexity index is 230. The molecular weight excluding hydrogens is 170 g/mol. The molecule has 5 nitrogen and oxygen atoms in total. The molecule has 0 aliphatic rings. The van der Waals surface area contributed by atoms with Crippen molar-refractivity contribution in [1.29, 1.82) is 5.26 Å². The predicted octanol–water partition coefficient (Wildman–Crippen LogP) is 0.429. The van der Waals surface area contributed by atoms with E-state index in [4.69, 9.17) is 5.26 Å². The summed E-state index contributed by atoms with van der Waals surface area (Å²) in [5.41, 5.74) is 0. The van der Waals surface area contributed by atoms with Gasteiger partial charge in [0.15, 0.2) is 6.19 Å². The third-order valence-corrected chi connectivity index (χ3v) is 1.24. The number of hydrogen-bond donors (Lipinski definition) is 1. The number of amidine groups is 1. The van der Waals surface area contributed by atoms with Crippen molar-refractivity contribution in [3.63, 3.8) is 0 Å². The molecule has 0 atom stereocenters. The Morgan fingerprint density at radius 2 is 2.31 bits per heavy atom. The monoisotopic (exact) mass is 183 g/mol. The molecule has 0 unspecified atom stereocenters. The van der Waals surface area contributed by atoms with Crippen LogP contribution in [-0.4, -0.2) is 25.0 Å². The fourth-order valence-corrected chi connectivity index (χ4v) is 0.671. The summed E-state index contributed by atoms with van der Waals surface area (Å²) in [7, 11) is 0. The quantitative estimate of drug-likeness (QED) is 0.225. The highest BCUT2D eigenvalue weighted by Crippen LogP contribution is 1.84. The topological polar surface area (TPSA) is 74.5 Å². The molecular formula is C8H13N3O2. The van der Waals surface area contributed by atoms with Crippen LogP contribution in [-0.2, 0) is 9.53 Å². The first-order valence-electron chi connectivity index (χ1n) is 4.08. The van der Waals surface area contributed by atoms with E-state index in [9.17, 15) is 4.79 Å². The van der Waals surface area contributed by atoms with Gasteiger partial charge in [0.2, 0.25) is 0 Å². The van der Waals surface area contributed by atoms with E-state index < -0.39 is 0 Å². The van der Waals surface area contributed by atoms with Crippen LogP contribution in [0.3, 0.4) is 0 Å². The van der Waals surface area contributed by atoms with Gasteiger partial charge in [-0.3, -0.25) is 15.1 Å². The Morgan fingerprint density at radius 1 is 1.62 bits per heavy atom. The number of nitriles is 1. The van der Waals surface area contributed by atoms with Gasteiger partial charge >= 0.3 is 5.97 Å². The van der Waals surface area contributed by atoms with Crippen LogP contribution in [0.25, 0.3) is 0 Å². The van der Waals surface area contributed by atoms with Gasteiger partial charge in [-0.15, -0.1) is 0 Å². The van der Waals surface area contributed by atoms with Crippen molar-refractivity contribution >= 4 is 11.8 Å². The molecule has 1 N–H and O–H groups in total. The third-order valence-electron chi connectivity index (χ3n) is 1.24. The molecule has 0 radical (unpaired) electrons. The summed E-state index contributed by atoms with van der Waals surface area (Å²) in [5, 5.41) is 10.7. The zero-order chi connectivity index (χ0) is 10.1. The minimum absolute atomic E-state index is 0.0360. The van der Waals surface area contributed by atoms with Crippen LogP contribution in [0.15, 0.2) is 4.99 Å². The van der Waals surface area contributed by atoms with E-state index in [2.05, 4.69) is 15.0 Å². The Kier molecular flexibility index (Phi) is 6.24. The van der Waals surface area contributed by atoms with Crippen molar-refractivity contribution in [3.05, 3.63) is 0 Å². The normalized spacial score (nSPS) is 10.4. The molecule has 0 spiro atoms. The zero-order valence-corrected chi connectivity index (χ0v) is 7.83. The highest BCUT2D eigenvalue weighted by Gasteiger charge is 2.00. The number of aliphatic imine (C=N–C) groups is 1. The highest BCUT2D eigenvalue weighted by atomic mass is 16.5. The van der Waals surface area contributed by atoms with Gasteiger partial charge in [-0.1, -0.05) is 6.92 Å². The first kappa shape index (κ1) is 11.4. The molecule has 0 aromatic heterocycles. The third kappa shape index (κ3) is 5.67. The number of ether oxygens (including phenoxy) is 1. The molecule has 0 aliphatic carbocycles. The number of carbonyl (C=O) groups excluding carboxylic acids is 1. The lowest BCUT2D eigenvalue weighted by molar-refractivity contribution is -0.141. The first-order chi connectivity index (χ1) is 6.24. The molecule has 0 rings (SSSR count). The minimum Gasteiger partial charge on any atom is -0.465 e. The maximum Gasteiger partial charge on any atom is 0.327 e. The summed E-state index contributed by atoms with van der Waals surface area (Å²) in [5.74, 6) is 0.115. The Balaban J connectivity index is 3.92. The number of nitrogens with one attached hydrogen (secondary N) is 1. The lowest BCUT2D eigenvalue weighted by Gasteiger charge is -2.00. The Labute approximate surface area is 77.4 Å². The van der Waals surface area contributed by atoms with E-state index in [1.165, 1.54) is 0 Å². The summed E-state index contributed by atoms with van der Waals surface area (Å²) < 4.78 is 4.66. The van der Waals surface area contributed by atoms with Crippen LogP contribution in [0, 0.1) is 11.5 Å². The molecule has 0 aromatic rings. The van der Waals surface area contributed by atoms with Gasteiger partial charge in [-0.2, -0.15) is 5.26 Å². The molecule has 0 amide bonds. The SMILES string of the molecule is CCOC(=O)CN=C(CC)NC#N. The van der Waals surface area contributed by atoms with Crippen molar-refractivity contribution < 1.29 is 9.53 Å². The Hall–Kier alpha value is -1.57. The van der Waals surface area contributed by atoms with E-state index in [0.29, 0.717) is 18.9 Å². The summed E-state index contributed by atoms with van der Waals surface area (Å²) in [4.78, 5) is 14.7. The largest absolute Gasteiger partial charge is 0.465 e. The maximum atomic E-state index is 10.8. The van der Waals surface area contributed by atoms with Crippen LogP contribution < -0.4 is 5.32 Å². The van der Waals surface area contributed by atoms with Crippen molar-refractivity contribution in [2.75, 3.05) is 13.2 Å². The zero-order valence-electron chi connectivity index (χ0n) is 7.83. The second-order valence-corrected chi connectivity index (χ2v) is 2.16. The molecule has 13 heavy (non-hydrogen) atoms. The fourth-order valence-electron chi connectivity index (χ4n) is 0.671. The lowest BCUT2D eigenvalue weighted by Crippen LogP contribution is -2.19. The van der Waals surface area contributed by atoms with Gasteiger partial charge in [-0.25, -0.2) is 0 Å². The minimum atomic E-state index is -0.381. The van der Waals surface area contributed by atoms with Crippen LogP contribution >= 0.6 is 0 Å². The smallest absolute Gasteiger partial charge is 0.327 e. The average molecular weight is 183 g/mol. The fraction of sp³-hybridized carbons (Fsp3) is 0.625. The van der Waals surface area contributed by atoms with Crippen LogP contribution in [0.4, 0.5) is 0 Å². The first-order valence-corrected chi connectivity index (χ1v) is 4.08. The van der Waals surface area contributed by atoms with E-state index in [0.717, 1.165) is 0 Å². The number of hydrogen-bond acceptors (Lipinski definition) is 4. The number of rotatable bonds is 4. The standard InChI is InChI=1S/C8H13N3O2/c1-3-7(11-6-9)10-5-8(12)13-4-2/h3-5H2,1-2H3,(H,10,11). The number of carbonyl (C=O) groups is 1. The van der Waals surface area contributed by atoms with E-state index in [1.54, 1.807) is 13.1 Å². The van der Waals surface area contributed by atoms with Gasteiger partial charge < -0.3 is 4.74 Å². The molecule has 0 saturated heterocycles. The molecule has 5 heteroatoms. The molecule has 0 aromatic carbocycles. The van der Waals surface area contributed by atoms with Gasteiger partial charge in [0.1, 0.15) is 12.4 Å². The van der Waals surface area contributed by atoms with Gasteiger partial charge in [-0.05, 0) is 6.92 Å². The van der Waals surface area contributed by atoms with Gasteiger partial charge in [0.25, 0.3) is 0 Å². The molecule has 0 aliphatic heterocycles. The molecule has 0 saturated carbocycles. The summed E-state index contributed by atoms with van der Waals surface area (Å²) in [6, 6.07) is 0. The van der Waals surface area contributed by atoms with Crippen LogP contribution in [0.1, 0.15) is 20.3 Å². The summed E-state index contributed by atoms with van der Waals surface area (Å²) in [6.45, 7) is 3.89. The van der Waals surface area contributed by atoms with E-state index in [1.807, 2.05) is 6.92 Å². The Morgan fingerprint density at radius 3 is 2.77 bits per heavy atom. The second-order valence-electron chi connectivity index (χ2n) is 2.16. The molecule has 0 heterocycles. The summed E-state index contributed by atoms with van der Waals surface area (Å²) >= 11 is 0. The number of esters is 1. The molecule has 0 fully saturated rings.